The molecule has 0 amide bonds. The van der Waals surface area contributed by atoms with Gasteiger partial charge in [0.1, 0.15) is 0 Å². The summed E-state index contributed by atoms with van der Waals surface area (Å²) >= 11 is 0. The van der Waals surface area contributed by atoms with Crippen molar-refractivity contribution in [1.82, 2.24) is 5.01 Å². The average Bonchev–Trinajstić information content (AvgIpc) is 2.52. The van der Waals surface area contributed by atoms with Crippen LogP contribution < -0.4 is 10.6 Å². The Labute approximate surface area is 129 Å². The molecule has 0 saturated heterocycles. The van der Waals surface area contributed by atoms with Gasteiger partial charge < -0.3 is 5.01 Å². The van der Waals surface area contributed by atoms with Crippen molar-refractivity contribution in [3.63, 3.8) is 0 Å². The molecule has 0 bridgehead atoms. The molecule has 110 valence electrons. The summed E-state index contributed by atoms with van der Waals surface area (Å²) < 4.78 is 0. The number of rotatable bonds is 6. The number of hydrogen-bond acceptors (Lipinski definition) is 2. The van der Waals surface area contributed by atoms with E-state index in [0.29, 0.717) is 0 Å². The normalized spacial score (nSPS) is 11.7. The van der Waals surface area contributed by atoms with Gasteiger partial charge in [0, 0.05) is 26.0 Å². The number of hydrazone groups is 1. The third kappa shape index (κ3) is 4.68. The van der Waals surface area contributed by atoms with Crippen LogP contribution in [-0.2, 0) is 0 Å². The van der Waals surface area contributed by atoms with E-state index in [4.69, 9.17) is 0 Å². The molecule has 0 aliphatic carbocycles. The van der Waals surface area contributed by atoms with Gasteiger partial charge in [-0.25, -0.2) is 0 Å². The van der Waals surface area contributed by atoms with Gasteiger partial charge >= 0.3 is 0 Å². The van der Waals surface area contributed by atoms with Gasteiger partial charge in [0.05, 0.1) is 0 Å². The van der Waals surface area contributed by atoms with E-state index in [0.717, 1.165) is 12.6 Å². The maximum absolute atomic E-state index is 4.65. The van der Waals surface area contributed by atoms with Crippen LogP contribution in [0.1, 0.15) is 13.3 Å². The molecule has 2 aromatic carbocycles. The first-order chi connectivity index (χ1) is 10.2. The summed E-state index contributed by atoms with van der Waals surface area (Å²) in [7, 11) is 3.59. The van der Waals surface area contributed by atoms with Crippen molar-refractivity contribution in [2.75, 3.05) is 20.3 Å². The zero-order chi connectivity index (χ0) is 15.1. The highest BCUT2D eigenvalue weighted by atomic mass is 31.1. The highest BCUT2D eigenvalue weighted by molar-refractivity contribution is 7.73. The Bertz CT molecular complexity index is 525. The number of hydrogen-bond donors (Lipinski definition) is 0. The lowest BCUT2D eigenvalue weighted by molar-refractivity contribution is 0.436. The van der Waals surface area contributed by atoms with Crippen LogP contribution in [0.15, 0.2) is 65.8 Å². The second kappa shape index (κ2) is 7.95. The molecule has 0 fully saturated rings. The highest BCUT2D eigenvalue weighted by Gasteiger charge is 2.15. The second-order valence-electron chi connectivity index (χ2n) is 5.12. The molecule has 0 spiro atoms. The van der Waals surface area contributed by atoms with Crippen molar-refractivity contribution >= 4 is 24.2 Å². The smallest absolute Gasteiger partial charge is 0.0426 e. The summed E-state index contributed by atoms with van der Waals surface area (Å²) in [6, 6.07) is 21.6. The highest BCUT2D eigenvalue weighted by Crippen LogP contribution is 2.33. The average molecular weight is 298 g/mol. The molecule has 0 unspecified atom stereocenters. The Morgan fingerprint density at radius 3 is 1.76 bits per heavy atom. The van der Waals surface area contributed by atoms with E-state index in [1.165, 1.54) is 16.3 Å². The SMILES string of the molecule is CC/C(CP(c1ccccc1)c1ccccc1)=N\N(C)C. The second-order valence-corrected chi connectivity index (χ2v) is 7.33. The van der Waals surface area contributed by atoms with Crippen LogP contribution in [0.3, 0.4) is 0 Å². The van der Waals surface area contributed by atoms with Crippen LogP contribution >= 0.6 is 7.92 Å². The van der Waals surface area contributed by atoms with E-state index in [2.05, 4.69) is 72.7 Å². The lowest BCUT2D eigenvalue weighted by Crippen LogP contribution is -2.20. The van der Waals surface area contributed by atoms with E-state index in [1.54, 1.807) is 0 Å². The largest absolute Gasteiger partial charge is 0.303 e. The Kier molecular flexibility index (Phi) is 5.95. The van der Waals surface area contributed by atoms with Crippen molar-refractivity contribution in [1.29, 1.82) is 0 Å². The first-order valence-electron chi connectivity index (χ1n) is 7.32. The molecule has 0 saturated carbocycles. The van der Waals surface area contributed by atoms with Crippen molar-refractivity contribution in [2.24, 2.45) is 5.10 Å². The lowest BCUT2D eigenvalue weighted by Gasteiger charge is -2.20. The van der Waals surface area contributed by atoms with Gasteiger partial charge in [0.25, 0.3) is 0 Å². The Balaban J connectivity index is 2.33. The maximum atomic E-state index is 4.65. The van der Waals surface area contributed by atoms with Crippen molar-refractivity contribution < 1.29 is 0 Å². The molecule has 0 aliphatic heterocycles. The molecule has 21 heavy (non-hydrogen) atoms. The Hall–Kier alpha value is -1.66. The van der Waals surface area contributed by atoms with Crippen LogP contribution in [0.2, 0.25) is 0 Å². The van der Waals surface area contributed by atoms with Gasteiger partial charge in [0.2, 0.25) is 0 Å². The van der Waals surface area contributed by atoms with Gasteiger partial charge in [-0.1, -0.05) is 67.6 Å². The van der Waals surface area contributed by atoms with Crippen LogP contribution in [0.25, 0.3) is 0 Å². The monoisotopic (exact) mass is 298 g/mol. The van der Waals surface area contributed by atoms with Gasteiger partial charge in [-0.3, -0.25) is 0 Å². The molecule has 0 radical (unpaired) electrons. The fourth-order valence-electron chi connectivity index (χ4n) is 2.23. The molecular weight excluding hydrogens is 275 g/mol. The molecule has 2 rings (SSSR count). The minimum absolute atomic E-state index is 0.384. The molecule has 0 heterocycles. The minimum atomic E-state index is -0.384. The van der Waals surface area contributed by atoms with Crippen LogP contribution in [-0.4, -0.2) is 31.0 Å². The molecular formula is C18H23N2P. The van der Waals surface area contributed by atoms with Crippen molar-refractivity contribution in [3.8, 4) is 0 Å². The van der Waals surface area contributed by atoms with Gasteiger partial charge in [-0.15, -0.1) is 0 Å². The summed E-state index contributed by atoms with van der Waals surface area (Å²) in [4.78, 5) is 0. The summed E-state index contributed by atoms with van der Waals surface area (Å²) in [5.41, 5.74) is 1.26. The Morgan fingerprint density at radius 1 is 0.905 bits per heavy atom. The molecule has 2 aromatic rings. The van der Waals surface area contributed by atoms with E-state index < -0.39 is 0 Å². The number of benzene rings is 2. The summed E-state index contributed by atoms with van der Waals surface area (Å²) in [5.74, 6) is 0. The van der Waals surface area contributed by atoms with Crippen LogP contribution in [0.4, 0.5) is 0 Å². The lowest BCUT2D eigenvalue weighted by atomic mass is 10.3. The summed E-state index contributed by atoms with van der Waals surface area (Å²) in [5, 5.41) is 9.39. The van der Waals surface area contributed by atoms with Gasteiger partial charge in [-0.2, -0.15) is 5.10 Å². The molecule has 0 atom stereocenters. The third-order valence-corrected chi connectivity index (χ3v) is 5.75. The van der Waals surface area contributed by atoms with Crippen LogP contribution in [0, 0.1) is 0 Å². The fourth-order valence-corrected chi connectivity index (χ4v) is 4.61. The molecule has 0 aliphatic rings. The van der Waals surface area contributed by atoms with Crippen LogP contribution in [0.5, 0.6) is 0 Å². The molecule has 0 N–H and O–H groups in total. The molecule has 3 heteroatoms. The predicted molar refractivity (Wildman–Crippen MR) is 95.4 cm³/mol. The predicted octanol–water partition coefficient (Wildman–Crippen LogP) is 3.45. The zero-order valence-corrected chi connectivity index (χ0v) is 13.9. The first-order valence-corrected chi connectivity index (χ1v) is 8.84. The van der Waals surface area contributed by atoms with E-state index >= 15 is 0 Å². The topological polar surface area (TPSA) is 15.6 Å². The Morgan fingerprint density at radius 2 is 1.38 bits per heavy atom. The molecule has 2 nitrogen and oxygen atoms in total. The number of nitrogens with zero attached hydrogens (tertiary/aromatic N) is 2. The van der Waals surface area contributed by atoms with E-state index in [-0.39, 0.29) is 7.92 Å². The van der Waals surface area contributed by atoms with Gasteiger partial charge in [-0.05, 0) is 25.0 Å². The standard InChI is InChI=1S/C18H23N2P/c1-4-16(19-20(2)3)15-21(17-11-7-5-8-12-17)18-13-9-6-10-14-18/h5-14H,4,15H2,1-3H3/b19-16+. The summed E-state index contributed by atoms with van der Waals surface area (Å²) in [6.07, 6.45) is 2.02. The first kappa shape index (κ1) is 15.7. The van der Waals surface area contributed by atoms with E-state index in [9.17, 15) is 0 Å². The maximum Gasteiger partial charge on any atom is 0.0426 e. The van der Waals surface area contributed by atoms with E-state index in [1.807, 2.05) is 19.1 Å². The van der Waals surface area contributed by atoms with Crippen molar-refractivity contribution in [2.45, 2.75) is 13.3 Å². The fraction of sp³-hybridized carbons (Fsp3) is 0.278. The third-order valence-electron chi connectivity index (χ3n) is 3.23. The zero-order valence-electron chi connectivity index (χ0n) is 13.0. The minimum Gasteiger partial charge on any atom is -0.303 e. The molecule has 0 aromatic heterocycles. The summed E-state index contributed by atoms with van der Waals surface area (Å²) in [6.45, 7) is 2.19. The van der Waals surface area contributed by atoms with Crippen molar-refractivity contribution in [3.05, 3.63) is 60.7 Å². The van der Waals surface area contributed by atoms with Gasteiger partial charge in [0.15, 0.2) is 0 Å². The quantitative estimate of drug-likeness (QED) is 0.453.